The Labute approximate surface area is 176 Å². The van der Waals surface area contributed by atoms with Gasteiger partial charge in [0.1, 0.15) is 0 Å². The maximum Gasteiger partial charge on any atom is 0.317 e. The average Bonchev–Trinajstić information content (AvgIpc) is 2.74. The van der Waals surface area contributed by atoms with Crippen LogP contribution in [0.4, 0.5) is 4.79 Å². The van der Waals surface area contributed by atoms with Crippen LogP contribution >= 0.6 is 0 Å². The summed E-state index contributed by atoms with van der Waals surface area (Å²) < 4.78 is 0. The van der Waals surface area contributed by atoms with E-state index in [1.165, 1.54) is 50.5 Å². The highest BCUT2D eigenvalue weighted by Gasteiger charge is 2.55. The minimum atomic E-state index is 0.137. The fourth-order valence-electron chi connectivity index (χ4n) is 6.02. The van der Waals surface area contributed by atoms with Crippen molar-refractivity contribution < 1.29 is 4.79 Å². The molecular weight excluding hydrogens is 358 g/mol. The number of fused-ring (bicyclic) bond motifs is 1. The first-order valence-electron chi connectivity index (χ1n) is 11.8. The lowest BCUT2D eigenvalue weighted by Crippen LogP contribution is -2.52. The van der Waals surface area contributed by atoms with Gasteiger partial charge in [-0.25, -0.2) is 4.79 Å². The van der Waals surface area contributed by atoms with Crippen LogP contribution in [0.15, 0.2) is 36.2 Å². The zero-order valence-electron chi connectivity index (χ0n) is 18.0. The van der Waals surface area contributed by atoms with Crippen LogP contribution in [-0.2, 0) is 6.42 Å². The molecule has 0 spiro atoms. The third-order valence-corrected chi connectivity index (χ3v) is 7.50. The number of nitrogens with one attached hydrogen (secondary N) is 1. The third-order valence-electron chi connectivity index (χ3n) is 7.50. The predicted octanol–water partition coefficient (Wildman–Crippen LogP) is 5.35. The molecule has 1 N–H and O–H groups in total. The van der Waals surface area contributed by atoms with Crippen molar-refractivity contribution in [3.63, 3.8) is 0 Å². The van der Waals surface area contributed by atoms with Crippen LogP contribution in [0.2, 0.25) is 0 Å². The fourth-order valence-corrected chi connectivity index (χ4v) is 6.02. The number of amides is 2. The van der Waals surface area contributed by atoms with Gasteiger partial charge < -0.3 is 10.2 Å². The summed E-state index contributed by atoms with van der Waals surface area (Å²) in [5.41, 5.74) is 3.50. The Bertz CT molecular complexity index is 716. The minimum absolute atomic E-state index is 0.137. The monoisotopic (exact) mass is 395 g/mol. The number of pyridine rings is 1. The normalized spacial score (nSPS) is 26.6. The molecule has 0 aromatic carbocycles. The van der Waals surface area contributed by atoms with Crippen LogP contribution < -0.4 is 5.32 Å². The van der Waals surface area contributed by atoms with Gasteiger partial charge in [-0.2, -0.15) is 0 Å². The van der Waals surface area contributed by atoms with Gasteiger partial charge in [0.2, 0.25) is 0 Å². The summed E-state index contributed by atoms with van der Waals surface area (Å²) in [6.07, 6.45) is 18.4. The second kappa shape index (κ2) is 9.32. The summed E-state index contributed by atoms with van der Waals surface area (Å²) in [5, 5.41) is 3.18. The van der Waals surface area contributed by atoms with Gasteiger partial charge in [0.25, 0.3) is 0 Å². The van der Waals surface area contributed by atoms with E-state index in [0.29, 0.717) is 5.41 Å². The second-order valence-electron chi connectivity index (χ2n) is 9.52. The van der Waals surface area contributed by atoms with Crippen molar-refractivity contribution >= 4 is 6.03 Å². The van der Waals surface area contributed by atoms with Crippen LogP contribution in [0.3, 0.4) is 0 Å². The van der Waals surface area contributed by atoms with Gasteiger partial charge in [-0.1, -0.05) is 31.4 Å². The first-order valence-corrected chi connectivity index (χ1v) is 11.8. The number of carbonyl (C=O) groups is 1. The molecule has 158 valence electrons. The van der Waals surface area contributed by atoms with Crippen molar-refractivity contribution in [1.29, 1.82) is 0 Å². The van der Waals surface area contributed by atoms with E-state index in [0.717, 1.165) is 50.7 Å². The molecule has 1 heterocycles. The quantitative estimate of drug-likeness (QED) is 0.405. The molecule has 3 unspecified atom stereocenters. The van der Waals surface area contributed by atoms with Crippen LogP contribution in [0.5, 0.6) is 0 Å². The first-order chi connectivity index (χ1) is 14.2. The van der Waals surface area contributed by atoms with Crippen molar-refractivity contribution in [1.82, 2.24) is 15.2 Å². The topological polar surface area (TPSA) is 45.2 Å². The lowest BCUT2D eigenvalue weighted by molar-refractivity contribution is 0.0154. The zero-order chi connectivity index (χ0) is 20.1. The van der Waals surface area contributed by atoms with Gasteiger partial charge in [0, 0.05) is 32.0 Å². The van der Waals surface area contributed by atoms with E-state index in [9.17, 15) is 4.79 Å². The number of unbranched alkanes of at least 4 members (excludes halogenated alkanes) is 2. The molecule has 4 nitrogen and oxygen atoms in total. The number of rotatable bonds is 11. The van der Waals surface area contributed by atoms with Crippen molar-refractivity contribution in [3.8, 4) is 0 Å². The van der Waals surface area contributed by atoms with Crippen LogP contribution in [0.25, 0.3) is 0 Å². The second-order valence-corrected chi connectivity index (χ2v) is 9.52. The fraction of sp³-hybridized carbons (Fsp3) is 0.680. The maximum absolute atomic E-state index is 12.9. The van der Waals surface area contributed by atoms with Gasteiger partial charge in [0.15, 0.2) is 0 Å². The Balaban J connectivity index is 1.25. The molecule has 3 atom stereocenters. The Morgan fingerprint density at radius 1 is 1.21 bits per heavy atom. The van der Waals surface area contributed by atoms with E-state index in [1.54, 1.807) is 5.57 Å². The summed E-state index contributed by atoms with van der Waals surface area (Å²) in [7, 11) is 0. The summed E-state index contributed by atoms with van der Waals surface area (Å²) in [5.74, 6) is 1.81. The third kappa shape index (κ3) is 4.67. The van der Waals surface area contributed by atoms with E-state index in [1.807, 2.05) is 12.4 Å². The molecule has 2 saturated carbocycles. The van der Waals surface area contributed by atoms with Crippen molar-refractivity contribution in [2.75, 3.05) is 19.6 Å². The number of hydrogen-bond donors (Lipinski definition) is 1. The molecule has 0 aliphatic heterocycles. The molecular formula is C25H37N3O. The Hall–Kier alpha value is -1.84. The van der Waals surface area contributed by atoms with Crippen molar-refractivity contribution in [3.05, 3.63) is 41.7 Å². The Morgan fingerprint density at radius 3 is 2.79 bits per heavy atom. The van der Waals surface area contributed by atoms with E-state index < -0.39 is 0 Å². The molecule has 1 aromatic rings. The standard InChI is InChI=1S/C25H37N3O/c1-2-3-4-15-28(24(29)27-12-5-6-20-9-13-26-14-10-20)16-11-25-18-21-7-8-23(25)22(17-21)19-25/h8-10,13-14,21-22H,2-7,11-12,15-19H2,1H3,(H,27,29). The minimum Gasteiger partial charge on any atom is -0.338 e. The first kappa shape index (κ1) is 20.4. The lowest BCUT2D eigenvalue weighted by atomic mass is 9.44. The van der Waals surface area contributed by atoms with Gasteiger partial charge in [0.05, 0.1) is 0 Å². The Morgan fingerprint density at radius 2 is 2.07 bits per heavy atom. The molecule has 4 bridgehead atoms. The number of aromatic nitrogens is 1. The molecule has 0 saturated heterocycles. The summed E-state index contributed by atoms with van der Waals surface area (Å²) in [4.78, 5) is 19.1. The summed E-state index contributed by atoms with van der Waals surface area (Å²) in [6, 6.07) is 4.24. The molecule has 5 rings (SSSR count). The van der Waals surface area contributed by atoms with Crippen molar-refractivity contribution in [2.24, 2.45) is 17.3 Å². The van der Waals surface area contributed by atoms with Crippen LogP contribution in [0, 0.1) is 17.3 Å². The molecule has 0 radical (unpaired) electrons. The molecule has 2 fully saturated rings. The molecule has 4 aliphatic carbocycles. The molecule has 2 amide bonds. The molecule has 1 aromatic heterocycles. The van der Waals surface area contributed by atoms with Crippen LogP contribution in [0.1, 0.15) is 70.3 Å². The number of hydrogen-bond acceptors (Lipinski definition) is 2. The highest BCUT2D eigenvalue weighted by atomic mass is 16.2. The molecule has 29 heavy (non-hydrogen) atoms. The number of urea groups is 1. The van der Waals surface area contributed by atoms with E-state index in [2.05, 4.69) is 40.3 Å². The number of allylic oxidation sites excluding steroid dienone is 2. The number of aryl methyl sites for hydroxylation is 1. The van der Waals surface area contributed by atoms with E-state index >= 15 is 0 Å². The highest BCUT2D eigenvalue weighted by Crippen LogP contribution is 2.66. The van der Waals surface area contributed by atoms with Crippen molar-refractivity contribution in [2.45, 2.75) is 71.1 Å². The van der Waals surface area contributed by atoms with Crippen LogP contribution in [-0.4, -0.2) is 35.5 Å². The summed E-state index contributed by atoms with van der Waals surface area (Å²) in [6.45, 7) is 4.77. The average molecular weight is 396 g/mol. The maximum atomic E-state index is 12.9. The van der Waals surface area contributed by atoms with Gasteiger partial charge in [-0.3, -0.25) is 4.98 Å². The molecule has 4 heteroatoms. The number of nitrogens with zero attached hydrogens (tertiary/aromatic N) is 2. The van der Waals surface area contributed by atoms with E-state index in [-0.39, 0.29) is 6.03 Å². The van der Waals surface area contributed by atoms with Gasteiger partial charge in [-0.15, -0.1) is 0 Å². The predicted molar refractivity (Wildman–Crippen MR) is 118 cm³/mol. The summed E-state index contributed by atoms with van der Waals surface area (Å²) >= 11 is 0. The SMILES string of the molecule is CCCCCN(CCC12CC3CC=C1C(C3)C2)C(=O)NCCCc1ccncc1. The van der Waals surface area contributed by atoms with Gasteiger partial charge in [-0.05, 0) is 86.3 Å². The Kier molecular flexibility index (Phi) is 6.56. The highest BCUT2D eigenvalue weighted by molar-refractivity contribution is 5.74. The number of carbonyl (C=O) groups excluding carboxylic acids is 1. The lowest BCUT2D eigenvalue weighted by Gasteiger charge is -2.61. The zero-order valence-corrected chi connectivity index (χ0v) is 18.0. The molecule has 4 aliphatic rings. The van der Waals surface area contributed by atoms with E-state index in [4.69, 9.17) is 0 Å². The largest absolute Gasteiger partial charge is 0.338 e. The smallest absolute Gasteiger partial charge is 0.317 e. The van der Waals surface area contributed by atoms with Gasteiger partial charge >= 0.3 is 6.03 Å².